The summed E-state index contributed by atoms with van der Waals surface area (Å²) in [5.41, 5.74) is 2.15. The fourth-order valence-corrected chi connectivity index (χ4v) is 3.65. The Hall–Kier alpha value is -3.68. The van der Waals surface area contributed by atoms with Gasteiger partial charge in [0.2, 0.25) is 0 Å². The van der Waals surface area contributed by atoms with Crippen molar-refractivity contribution >= 4 is 23.4 Å². The molecule has 3 aromatic rings. The minimum atomic E-state index is -0.000325. The molecule has 1 N–H and O–H groups in total. The van der Waals surface area contributed by atoms with E-state index >= 15 is 0 Å². The smallest absolute Gasteiger partial charge is 0.260 e. The summed E-state index contributed by atoms with van der Waals surface area (Å²) in [4.78, 5) is 30.1. The summed E-state index contributed by atoms with van der Waals surface area (Å²) in [6.45, 7) is 8.58. The Balaban J connectivity index is 1.35. The van der Waals surface area contributed by atoms with Crippen molar-refractivity contribution in [3.05, 3.63) is 65.6 Å². The van der Waals surface area contributed by atoms with Crippen molar-refractivity contribution < 1.29 is 9.53 Å². The van der Waals surface area contributed by atoms with E-state index in [1.165, 1.54) is 0 Å². The van der Waals surface area contributed by atoms with Gasteiger partial charge >= 0.3 is 0 Å². The fraction of sp³-hybridized carbons (Fsp3) is 0.333. The molecule has 1 saturated heterocycles. The Morgan fingerprint density at radius 3 is 2.53 bits per heavy atom. The maximum absolute atomic E-state index is 12.6. The summed E-state index contributed by atoms with van der Waals surface area (Å²) < 4.78 is 5.72. The minimum Gasteiger partial charge on any atom is -0.484 e. The van der Waals surface area contributed by atoms with Crippen LogP contribution in [0, 0.1) is 20.8 Å². The molecular formula is C24H28N6O2. The number of anilines is 3. The molecule has 0 aliphatic carbocycles. The quantitative estimate of drug-likeness (QED) is 0.640. The first-order valence-corrected chi connectivity index (χ1v) is 10.7. The number of nitrogens with one attached hydrogen (secondary N) is 1. The first kappa shape index (κ1) is 21.5. The van der Waals surface area contributed by atoms with Gasteiger partial charge in [0.15, 0.2) is 6.61 Å². The van der Waals surface area contributed by atoms with Crippen molar-refractivity contribution in [2.75, 3.05) is 43.0 Å². The topological polar surface area (TPSA) is 83.5 Å². The SMILES string of the molecule is Cc1ccnc(Nc2cc(N3CCN(C(=O)COc4ccccc4C)CC3)nc(C)n2)c1. The monoisotopic (exact) mass is 432 g/mol. The average molecular weight is 433 g/mol. The Morgan fingerprint density at radius 2 is 1.78 bits per heavy atom. The highest BCUT2D eigenvalue weighted by molar-refractivity contribution is 5.78. The van der Waals surface area contributed by atoms with Crippen LogP contribution < -0.4 is 15.0 Å². The molecule has 1 fully saturated rings. The number of carbonyl (C=O) groups is 1. The molecular weight excluding hydrogens is 404 g/mol. The molecule has 2 aromatic heterocycles. The van der Waals surface area contributed by atoms with Gasteiger partial charge in [-0.1, -0.05) is 18.2 Å². The van der Waals surface area contributed by atoms with E-state index in [-0.39, 0.29) is 12.5 Å². The van der Waals surface area contributed by atoms with Crippen LogP contribution in [0.25, 0.3) is 0 Å². The lowest BCUT2D eigenvalue weighted by atomic mass is 10.2. The number of hydrogen-bond donors (Lipinski definition) is 1. The maximum atomic E-state index is 12.6. The predicted octanol–water partition coefficient (Wildman–Crippen LogP) is 3.27. The third kappa shape index (κ3) is 5.32. The zero-order chi connectivity index (χ0) is 22.5. The second kappa shape index (κ2) is 9.64. The Kier molecular flexibility index (Phi) is 6.49. The lowest BCUT2D eigenvalue weighted by Gasteiger charge is -2.35. The number of rotatable bonds is 6. The number of hydrogen-bond acceptors (Lipinski definition) is 7. The number of amides is 1. The van der Waals surface area contributed by atoms with E-state index in [0.717, 1.165) is 28.5 Å². The van der Waals surface area contributed by atoms with Gasteiger partial charge in [0.25, 0.3) is 5.91 Å². The predicted molar refractivity (Wildman–Crippen MR) is 124 cm³/mol. The van der Waals surface area contributed by atoms with Gasteiger partial charge in [-0.25, -0.2) is 15.0 Å². The molecule has 1 aliphatic heterocycles. The number of aryl methyl sites for hydroxylation is 3. The first-order chi connectivity index (χ1) is 15.5. The van der Waals surface area contributed by atoms with Gasteiger partial charge in [0, 0.05) is 38.4 Å². The van der Waals surface area contributed by atoms with Gasteiger partial charge in [-0.05, 0) is 50.1 Å². The molecule has 1 aliphatic rings. The van der Waals surface area contributed by atoms with E-state index in [1.807, 2.05) is 68.1 Å². The van der Waals surface area contributed by atoms with E-state index in [2.05, 4.69) is 25.2 Å². The standard InChI is InChI=1S/C24H28N6O2/c1-17-8-9-25-21(14-17)28-22-15-23(27-19(3)26-22)29-10-12-30(13-11-29)24(31)16-32-20-7-5-4-6-18(20)2/h4-9,14-15H,10-13,16H2,1-3H3,(H,25,26,27,28). The van der Waals surface area contributed by atoms with Crippen LogP contribution in [0.1, 0.15) is 17.0 Å². The summed E-state index contributed by atoms with van der Waals surface area (Å²) >= 11 is 0. The number of carbonyl (C=O) groups excluding carboxylic acids is 1. The number of para-hydroxylation sites is 1. The van der Waals surface area contributed by atoms with Crippen LogP contribution in [-0.2, 0) is 4.79 Å². The Labute approximate surface area is 188 Å². The Morgan fingerprint density at radius 1 is 1.00 bits per heavy atom. The van der Waals surface area contributed by atoms with E-state index in [9.17, 15) is 4.79 Å². The van der Waals surface area contributed by atoms with Crippen molar-refractivity contribution in [3.63, 3.8) is 0 Å². The second-order valence-electron chi connectivity index (χ2n) is 7.92. The normalized spacial score (nSPS) is 13.7. The largest absolute Gasteiger partial charge is 0.484 e. The van der Waals surface area contributed by atoms with E-state index in [0.29, 0.717) is 37.8 Å². The van der Waals surface area contributed by atoms with Crippen LogP contribution in [0.5, 0.6) is 5.75 Å². The van der Waals surface area contributed by atoms with Gasteiger partial charge in [-0.15, -0.1) is 0 Å². The molecule has 32 heavy (non-hydrogen) atoms. The van der Waals surface area contributed by atoms with Crippen LogP contribution in [0.2, 0.25) is 0 Å². The van der Waals surface area contributed by atoms with Crippen molar-refractivity contribution in [3.8, 4) is 5.75 Å². The first-order valence-electron chi connectivity index (χ1n) is 10.7. The lowest BCUT2D eigenvalue weighted by Crippen LogP contribution is -2.50. The highest BCUT2D eigenvalue weighted by Gasteiger charge is 2.23. The molecule has 1 amide bonds. The lowest BCUT2D eigenvalue weighted by molar-refractivity contribution is -0.133. The number of aromatic nitrogens is 3. The maximum Gasteiger partial charge on any atom is 0.260 e. The fourth-order valence-electron chi connectivity index (χ4n) is 3.65. The zero-order valence-electron chi connectivity index (χ0n) is 18.7. The molecule has 0 unspecified atom stereocenters. The van der Waals surface area contributed by atoms with E-state index in [4.69, 9.17) is 4.74 Å². The molecule has 0 radical (unpaired) electrons. The third-order valence-electron chi connectivity index (χ3n) is 5.40. The number of pyridine rings is 1. The number of benzene rings is 1. The van der Waals surface area contributed by atoms with Crippen LogP contribution in [0.4, 0.5) is 17.5 Å². The van der Waals surface area contributed by atoms with Gasteiger partial charge in [-0.3, -0.25) is 4.79 Å². The van der Waals surface area contributed by atoms with Crippen molar-refractivity contribution in [2.45, 2.75) is 20.8 Å². The van der Waals surface area contributed by atoms with Gasteiger partial charge in [-0.2, -0.15) is 0 Å². The molecule has 0 saturated carbocycles. The summed E-state index contributed by atoms with van der Waals surface area (Å²) in [7, 11) is 0. The molecule has 8 heteroatoms. The molecule has 0 bridgehead atoms. The average Bonchev–Trinajstić information content (AvgIpc) is 2.78. The minimum absolute atomic E-state index is 0.000325. The number of piperazine rings is 1. The van der Waals surface area contributed by atoms with Crippen LogP contribution >= 0.6 is 0 Å². The van der Waals surface area contributed by atoms with Crippen LogP contribution in [0.15, 0.2) is 48.7 Å². The van der Waals surface area contributed by atoms with Crippen molar-refractivity contribution in [1.82, 2.24) is 19.9 Å². The number of ether oxygens (including phenoxy) is 1. The van der Waals surface area contributed by atoms with Crippen LogP contribution in [-0.4, -0.2) is 58.5 Å². The highest BCUT2D eigenvalue weighted by Crippen LogP contribution is 2.21. The Bertz CT molecular complexity index is 1100. The van der Waals surface area contributed by atoms with Crippen LogP contribution in [0.3, 0.4) is 0 Å². The van der Waals surface area contributed by atoms with Crippen molar-refractivity contribution in [2.24, 2.45) is 0 Å². The molecule has 0 atom stereocenters. The highest BCUT2D eigenvalue weighted by atomic mass is 16.5. The van der Waals surface area contributed by atoms with E-state index in [1.54, 1.807) is 6.20 Å². The summed E-state index contributed by atoms with van der Waals surface area (Å²) in [6, 6.07) is 13.6. The molecule has 3 heterocycles. The van der Waals surface area contributed by atoms with Crippen molar-refractivity contribution in [1.29, 1.82) is 0 Å². The van der Waals surface area contributed by atoms with Gasteiger partial charge in [0.05, 0.1) is 0 Å². The zero-order valence-corrected chi connectivity index (χ0v) is 18.7. The summed E-state index contributed by atoms with van der Waals surface area (Å²) in [6.07, 6.45) is 1.77. The summed E-state index contributed by atoms with van der Waals surface area (Å²) in [5, 5.41) is 3.26. The molecule has 0 spiro atoms. The molecule has 4 rings (SSSR count). The van der Waals surface area contributed by atoms with Gasteiger partial charge < -0.3 is 19.9 Å². The molecule has 8 nitrogen and oxygen atoms in total. The second-order valence-corrected chi connectivity index (χ2v) is 7.92. The molecule has 166 valence electrons. The third-order valence-corrected chi connectivity index (χ3v) is 5.40. The number of nitrogens with zero attached hydrogens (tertiary/aromatic N) is 5. The van der Waals surface area contributed by atoms with Gasteiger partial charge in [0.1, 0.15) is 29.0 Å². The summed E-state index contributed by atoms with van der Waals surface area (Å²) in [5.74, 6) is 3.73. The van der Waals surface area contributed by atoms with E-state index < -0.39 is 0 Å². The molecule has 1 aromatic carbocycles.